The van der Waals surface area contributed by atoms with Gasteiger partial charge in [-0.15, -0.1) is 0 Å². The molecule has 0 aliphatic carbocycles. The van der Waals surface area contributed by atoms with Crippen molar-refractivity contribution < 1.29 is 17.0 Å². The van der Waals surface area contributed by atoms with Crippen molar-refractivity contribution in [2.24, 2.45) is 5.84 Å². The standard InChI is InChI=1S/C5H8N2.V/c1-2-3-4-5-7-6;/h1-5,7H,6H2;/b3-2-,5-4?;. The first-order valence-corrected chi connectivity index (χ1v) is 2.98. The molecule has 0 bridgehead atoms. The maximum atomic E-state index is 4.93. The van der Waals surface area contributed by atoms with E-state index >= 15 is 0 Å². The molecular formula is C5H8N2V. The van der Waals surface area contributed by atoms with E-state index in [1.165, 1.54) is 0 Å². The number of hydrazine groups is 1. The van der Waals surface area contributed by atoms with Gasteiger partial charge in [-0.25, -0.2) is 0 Å². The third-order valence-electron chi connectivity index (χ3n) is 0.501. The van der Waals surface area contributed by atoms with Crippen LogP contribution in [0, 0.1) is 0 Å². The summed E-state index contributed by atoms with van der Waals surface area (Å²) in [5.41, 5.74) is 2.38. The number of nitrogens with one attached hydrogen (secondary N) is 1. The molecule has 0 aliphatic rings. The summed E-state index contributed by atoms with van der Waals surface area (Å²) in [5.74, 6) is 4.93. The van der Waals surface area contributed by atoms with Gasteiger partial charge in [0, 0.05) is 0 Å². The van der Waals surface area contributed by atoms with E-state index in [0.717, 1.165) is 0 Å². The van der Waals surface area contributed by atoms with Gasteiger partial charge in [-0.05, 0) is 0 Å². The van der Waals surface area contributed by atoms with E-state index in [1.807, 2.05) is 23.0 Å². The Hall–Kier alpha value is -0.306. The van der Waals surface area contributed by atoms with Crippen molar-refractivity contribution in [1.29, 1.82) is 0 Å². The molecular weight excluding hydrogens is 139 g/mol. The Morgan fingerprint density at radius 1 is 1.25 bits per heavy atom. The average Bonchev–Trinajstić information content (AvgIpc) is 1.81. The van der Waals surface area contributed by atoms with Crippen LogP contribution in [0.5, 0.6) is 0 Å². The van der Waals surface area contributed by atoms with E-state index in [4.69, 9.17) is 5.84 Å². The Morgan fingerprint density at radius 3 is 2.50 bits per heavy atom. The van der Waals surface area contributed by atoms with Gasteiger partial charge in [-0.1, -0.05) is 0 Å². The fourth-order valence-electron chi connectivity index (χ4n) is 0.225. The SMILES string of the molecule is NNC=C/C=C\[CH]=[V]. The molecule has 0 aromatic heterocycles. The van der Waals surface area contributed by atoms with Crippen LogP contribution in [0.15, 0.2) is 24.4 Å². The van der Waals surface area contributed by atoms with Crippen molar-refractivity contribution in [2.45, 2.75) is 0 Å². The fourth-order valence-corrected chi connectivity index (χ4v) is 0.380. The van der Waals surface area contributed by atoms with E-state index in [-0.39, 0.29) is 0 Å². The van der Waals surface area contributed by atoms with Crippen molar-refractivity contribution in [3.05, 3.63) is 24.4 Å². The van der Waals surface area contributed by atoms with E-state index < -0.39 is 0 Å². The van der Waals surface area contributed by atoms with E-state index in [9.17, 15) is 0 Å². The predicted molar refractivity (Wildman–Crippen MR) is 31.7 cm³/mol. The molecule has 0 aliphatic heterocycles. The molecule has 0 rings (SSSR count). The van der Waals surface area contributed by atoms with Gasteiger partial charge in [0.1, 0.15) is 0 Å². The molecule has 0 saturated carbocycles. The van der Waals surface area contributed by atoms with Gasteiger partial charge < -0.3 is 0 Å². The summed E-state index contributed by atoms with van der Waals surface area (Å²) in [6.45, 7) is 0. The Kier molecular flexibility index (Phi) is 6.44. The Bertz CT molecular complexity index is 107. The Morgan fingerprint density at radius 2 is 2.00 bits per heavy atom. The summed E-state index contributed by atoms with van der Waals surface area (Å²) in [6.07, 6.45) is 7.23. The molecule has 43 valence electrons. The third kappa shape index (κ3) is 5.69. The van der Waals surface area contributed by atoms with Crippen molar-refractivity contribution in [3.63, 3.8) is 0 Å². The van der Waals surface area contributed by atoms with Gasteiger partial charge >= 0.3 is 57.4 Å². The van der Waals surface area contributed by atoms with E-state index in [0.29, 0.717) is 0 Å². The minimum atomic E-state index is 1.65. The first-order valence-electron chi connectivity index (χ1n) is 2.17. The zero-order valence-electron chi connectivity index (χ0n) is 4.41. The van der Waals surface area contributed by atoms with Gasteiger partial charge in [0.25, 0.3) is 0 Å². The molecule has 8 heavy (non-hydrogen) atoms. The first kappa shape index (κ1) is 7.69. The molecule has 0 aromatic rings. The molecule has 0 heterocycles. The van der Waals surface area contributed by atoms with Crippen molar-refractivity contribution in [3.8, 4) is 0 Å². The topological polar surface area (TPSA) is 38.0 Å². The predicted octanol–water partition coefficient (Wildman–Crippen LogP) is -0.131. The fraction of sp³-hybridized carbons (Fsp3) is 0. The number of allylic oxidation sites excluding steroid dienone is 3. The van der Waals surface area contributed by atoms with Crippen LogP contribution in [-0.2, 0) is 17.0 Å². The van der Waals surface area contributed by atoms with Gasteiger partial charge in [0.15, 0.2) is 0 Å². The Balaban J connectivity index is 3.26. The van der Waals surface area contributed by atoms with Crippen molar-refractivity contribution in [1.82, 2.24) is 5.43 Å². The summed E-state index contributed by atoms with van der Waals surface area (Å²) >= 11 is 2.34. The molecule has 0 unspecified atom stereocenters. The van der Waals surface area contributed by atoms with Crippen molar-refractivity contribution in [2.75, 3.05) is 0 Å². The second-order valence-electron chi connectivity index (χ2n) is 1.06. The molecule has 0 fully saturated rings. The van der Waals surface area contributed by atoms with Crippen LogP contribution in [0.4, 0.5) is 0 Å². The van der Waals surface area contributed by atoms with Gasteiger partial charge in [0.05, 0.1) is 0 Å². The molecule has 0 radical (unpaired) electrons. The molecule has 0 atom stereocenters. The van der Waals surface area contributed by atoms with Crippen LogP contribution in [-0.4, -0.2) is 4.73 Å². The number of hydrogen-bond donors (Lipinski definition) is 2. The molecule has 2 nitrogen and oxygen atoms in total. The van der Waals surface area contributed by atoms with Gasteiger partial charge in [-0.2, -0.15) is 0 Å². The second kappa shape index (κ2) is 6.69. The molecule has 0 amide bonds. The summed E-state index contributed by atoms with van der Waals surface area (Å²) in [5, 5.41) is 0. The zero-order chi connectivity index (χ0) is 6.24. The van der Waals surface area contributed by atoms with Crippen LogP contribution >= 0.6 is 0 Å². The number of nitrogens with two attached hydrogens (primary N) is 1. The zero-order valence-corrected chi connectivity index (χ0v) is 5.81. The van der Waals surface area contributed by atoms with E-state index in [1.54, 1.807) is 6.20 Å². The maximum absolute atomic E-state index is 4.93. The number of rotatable bonds is 3. The monoisotopic (exact) mass is 147 g/mol. The molecule has 0 saturated heterocycles. The quantitative estimate of drug-likeness (QED) is 0.331. The van der Waals surface area contributed by atoms with Gasteiger partial charge in [0.2, 0.25) is 0 Å². The van der Waals surface area contributed by atoms with Crippen molar-refractivity contribution >= 4 is 4.73 Å². The average molecular weight is 147 g/mol. The van der Waals surface area contributed by atoms with Crippen LogP contribution in [0.1, 0.15) is 0 Å². The van der Waals surface area contributed by atoms with E-state index in [2.05, 4.69) is 22.4 Å². The van der Waals surface area contributed by atoms with Crippen LogP contribution < -0.4 is 11.3 Å². The van der Waals surface area contributed by atoms with Crippen LogP contribution in [0.25, 0.3) is 0 Å². The molecule has 0 aromatic carbocycles. The third-order valence-corrected chi connectivity index (χ3v) is 0.770. The normalized spacial score (nSPS) is 10.5. The van der Waals surface area contributed by atoms with Crippen LogP contribution in [0.3, 0.4) is 0 Å². The summed E-state index contributed by atoms with van der Waals surface area (Å²) in [4.78, 5) is 0. The second-order valence-corrected chi connectivity index (χ2v) is 1.53. The summed E-state index contributed by atoms with van der Waals surface area (Å²) in [6, 6.07) is 0. The Labute approximate surface area is 57.9 Å². The summed E-state index contributed by atoms with van der Waals surface area (Å²) < 4.78 is 1.88. The van der Waals surface area contributed by atoms with Crippen LogP contribution in [0.2, 0.25) is 0 Å². The minimum absolute atomic E-state index is 1.65. The molecule has 0 spiro atoms. The number of hydrogen-bond acceptors (Lipinski definition) is 2. The molecule has 3 heteroatoms. The first-order chi connectivity index (χ1) is 3.91. The summed E-state index contributed by atoms with van der Waals surface area (Å²) in [7, 11) is 0. The van der Waals surface area contributed by atoms with Gasteiger partial charge in [-0.3, -0.25) is 0 Å². The molecule has 3 N–H and O–H groups in total.